The quantitative estimate of drug-likeness (QED) is 0.682. The zero-order valence-corrected chi connectivity index (χ0v) is 12.0. The molecule has 0 amide bonds. The summed E-state index contributed by atoms with van der Waals surface area (Å²) in [6, 6.07) is 0. The van der Waals surface area contributed by atoms with Gasteiger partial charge in [0.1, 0.15) is 0 Å². The fraction of sp³-hybridized carbons (Fsp3) is 0.933. The number of piperidine rings is 6. The first-order chi connectivity index (χ1) is 9.31. The Bertz CT molecular complexity index is 187. The Kier molecular flexibility index (Phi) is 6.11. The summed E-state index contributed by atoms with van der Waals surface area (Å²) in [6.45, 7) is 8.11. The normalized spacial score (nSPS) is 38.5. The number of carbonyl (C=O) groups is 1. The van der Waals surface area contributed by atoms with Gasteiger partial charge in [0.15, 0.2) is 0 Å². The standard InChI is InChI=1S/2C7H13N.CH2O2/c2*1-4-8-5-2-7(1)3-6-8;2-1-3/h2*7H,1-6H2;1H,(H,2,3). The highest BCUT2D eigenvalue weighted by molar-refractivity contribution is 5.32. The predicted molar refractivity (Wildman–Crippen MR) is 76.3 cm³/mol. The van der Waals surface area contributed by atoms with Gasteiger partial charge in [-0.25, -0.2) is 0 Å². The van der Waals surface area contributed by atoms with Crippen LogP contribution in [0.1, 0.15) is 38.5 Å². The molecule has 6 rings (SSSR count). The summed E-state index contributed by atoms with van der Waals surface area (Å²) in [6.07, 6.45) is 8.92. The topological polar surface area (TPSA) is 43.8 Å². The van der Waals surface area contributed by atoms with Crippen LogP contribution in [0.5, 0.6) is 0 Å². The van der Waals surface area contributed by atoms with Gasteiger partial charge in [0.25, 0.3) is 6.47 Å². The summed E-state index contributed by atoms with van der Waals surface area (Å²) in [5, 5.41) is 6.89. The molecule has 0 atom stereocenters. The van der Waals surface area contributed by atoms with Crippen molar-refractivity contribution in [3.05, 3.63) is 0 Å². The third-order valence-corrected chi connectivity index (χ3v) is 5.12. The first-order valence-corrected chi connectivity index (χ1v) is 7.84. The number of carboxylic acid groups (broad SMARTS) is 1. The third-order valence-electron chi connectivity index (χ3n) is 5.12. The van der Waals surface area contributed by atoms with Gasteiger partial charge in [0.2, 0.25) is 0 Å². The van der Waals surface area contributed by atoms with Crippen LogP contribution in [0, 0.1) is 11.8 Å². The van der Waals surface area contributed by atoms with Gasteiger partial charge in [0.05, 0.1) is 0 Å². The summed E-state index contributed by atoms with van der Waals surface area (Å²) in [4.78, 5) is 13.5. The predicted octanol–water partition coefficient (Wildman–Crippen LogP) is 1.91. The average molecular weight is 268 g/mol. The highest BCUT2D eigenvalue weighted by atomic mass is 16.3. The van der Waals surface area contributed by atoms with Gasteiger partial charge in [-0.2, -0.15) is 0 Å². The van der Waals surface area contributed by atoms with Crippen LogP contribution in [0.4, 0.5) is 0 Å². The minimum absolute atomic E-state index is 0.250. The number of nitrogens with zero attached hydrogens (tertiary/aromatic N) is 2. The summed E-state index contributed by atoms with van der Waals surface area (Å²) in [5.74, 6) is 2.22. The lowest BCUT2D eigenvalue weighted by Crippen LogP contribution is -2.41. The fourth-order valence-corrected chi connectivity index (χ4v) is 3.73. The molecule has 6 aliphatic heterocycles. The van der Waals surface area contributed by atoms with Crippen LogP contribution in [-0.2, 0) is 4.79 Å². The van der Waals surface area contributed by atoms with Crippen LogP contribution in [0.15, 0.2) is 0 Å². The van der Waals surface area contributed by atoms with Crippen molar-refractivity contribution >= 4 is 6.47 Å². The van der Waals surface area contributed by atoms with Crippen molar-refractivity contribution in [3.8, 4) is 0 Å². The molecule has 0 saturated carbocycles. The van der Waals surface area contributed by atoms with Gasteiger partial charge in [-0.3, -0.25) is 4.79 Å². The molecule has 110 valence electrons. The highest BCUT2D eigenvalue weighted by Crippen LogP contribution is 2.26. The van der Waals surface area contributed by atoms with E-state index < -0.39 is 0 Å². The average Bonchev–Trinajstić information content (AvgIpc) is 2.53. The Morgan fingerprint density at radius 2 is 0.895 bits per heavy atom. The van der Waals surface area contributed by atoms with E-state index in [-0.39, 0.29) is 6.47 Å². The van der Waals surface area contributed by atoms with Crippen molar-refractivity contribution in [3.63, 3.8) is 0 Å². The highest BCUT2D eigenvalue weighted by Gasteiger charge is 2.25. The first kappa shape index (κ1) is 14.8. The maximum atomic E-state index is 8.36. The molecule has 1 N–H and O–H groups in total. The van der Waals surface area contributed by atoms with E-state index in [0.717, 1.165) is 11.8 Å². The largest absolute Gasteiger partial charge is 0.483 e. The first-order valence-electron chi connectivity index (χ1n) is 7.84. The van der Waals surface area contributed by atoms with E-state index in [1.807, 2.05) is 0 Å². The molecule has 0 unspecified atom stereocenters. The number of hydrogen-bond acceptors (Lipinski definition) is 3. The number of rotatable bonds is 0. The van der Waals surface area contributed by atoms with Crippen LogP contribution in [0.2, 0.25) is 0 Å². The maximum absolute atomic E-state index is 8.36. The Labute approximate surface area is 116 Å². The second-order valence-corrected chi connectivity index (χ2v) is 6.25. The maximum Gasteiger partial charge on any atom is 0.290 e. The zero-order valence-electron chi connectivity index (χ0n) is 12.0. The van der Waals surface area contributed by atoms with Gasteiger partial charge in [-0.1, -0.05) is 0 Å². The van der Waals surface area contributed by atoms with E-state index >= 15 is 0 Å². The minimum atomic E-state index is -0.250. The van der Waals surface area contributed by atoms with E-state index in [9.17, 15) is 0 Å². The van der Waals surface area contributed by atoms with E-state index in [1.54, 1.807) is 0 Å². The van der Waals surface area contributed by atoms with Crippen molar-refractivity contribution in [1.29, 1.82) is 0 Å². The molecule has 6 heterocycles. The molecule has 19 heavy (non-hydrogen) atoms. The molecule has 6 fully saturated rings. The summed E-state index contributed by atoms with van der Waals surface area (Å²) in [5.41, 5.74) is 0. The Morgan fingerprint density at radius 3 is 0.947 bits per heavy atom. The van der Waals surface area contributed by atoms with Crippen molar-refractivity contribution in [2.75, 3.05) is 39.3 Å². The van der Waals surface area contributed by atoms with Gasteiger partial charge in [-0.15, -0.1) is 0 Å². The van der Waals surface area contributed by atoms with Gasteiger partial charge < -0.3 is 14.9 Å². The van der Waals surface area contributed by atoms with Crippen molar-refractivity contribution in [2.24, 2.45) is 11.8 Å². The van der Waals surface area contributed by atoms with Crippen LogP contribution < -0.4 is 0 Å². The molecule has 0 aliphatic carbocycles. The van der Waals surface area contributed by atoms with Gasteiger partial charge in [0, 0.05) is 0 Å². The van der Waals surface area contributed by atoms with Crippen molar-refractivity contribution in [1.82, 2.24) is 9.80 Å². The SMILES string of the molecule is C1CN2CCC1CC2.C1CN2CCC1CC2.O=CO. The van der Waals surface area contributed by atoms with Crippen molar-refractivity contribution < 1.29 is 9.90 Å². The van der Waals surface area contributed by atoms with Crippen LogP contribution in [-0.4, -0.2) is 60.6 Å². The molecule has 0 spiro atoms. The number of hydrogen-bond donors (Lipinski definition) is 1. The van der Waals surface area contributed by atoms with Gasteiger partial charge >= 0.3 is 0 Å². The molecular formula is C15H28N2O2. The molecule has 0 aromatic rings. The van der Waals surface area contributed by atoms with E-state index in [4.69, 9.17) is 9.90 Å². The molecule has 6 saturated heterocycles. The molecule has 0 aromatic heterocycles. The molecule has 4 heteroatoms. The lowest BCUT2D eigenvalue weighted by atomic mass is 9.89. The molecule has 4 bridgehead atoms. The Morgan fingerprint density at radius 1 is 0.684 bits per heavy atom. The Hall–Kier alpha value is -0.610. The van der Waals surface area contributed by atoms with Crippen molar-refractivity contribution in [2.45, 2.75) is 38.5 Å². The van der Waals surface area contributed by atoms with E-state index in [1.165, 1.54) is 77.8 Å². The second-order valence-electron chi connectivity index (χ2n) is 6.25. The lowest BCUT2D eigenvalue weighted by molar-refractivity contribution is -0.122. The smallest absolute Gasteiger partial charge is 0.290 e. The lowest BCUT2D eigenvalue weighted by Gasteiger charge is -2.38. The summed E-state index contributed by atoms with van der Waals surface area (Å²) < 4.78 is 0. The monoisotopic (exact) mass is 268 g/mol. The zero-order chi connectivity index (χ0) is 13.5. The molecule has 4 nitrogen and oxygen atoms in total. The summed E-state index contributed by atoms with van der Waals surface area (Å²) >= 11 is 0. The van der Waals surface area contributed by atoms with Crippen LogP contribution in [0.3, 0.4) is 0 Å². The van der Waals surface area contributed by atoms with E-state index in [0.29, 0.717) is 0 Å². The fourth-order valence-electron chi connectivity index (χ4n) is 3.73. The van der Waals surface area contributed by atoms with E-state index in [2.05, 4.69) is 9.80 Å². The van der Waals surface area contributed by atoms with Crippen LogP contribution in [0.25, 0.3) is 0 Å². The molecular weight excluding hydrogens is 240 g/mol. The van der Waals surface area contributed by atoms with Crippen LogP contribution >= 0.6 is 0 Å². The third kappa shape index (κ3) is 4.77. The molecule has 6 aliphatic rings. The van der Waals surface area contributed by atoms with Gasteiger partial charge in [-0.05, 0) is 89.6 Å². The Balaban J connectivity index is 0.000000117. The second kappa shape index (κ2) is 7.85. The molecule has 0 aromatic carbocycles. The summed E-state index contributed by atoms with van der Waals surface area (Å²) in [7, 11) is 0. The molecule has 0 radical (unpaired) electrons. The minimum Gasteiger partial charge on any atom is -0.483 e. The number of fused-ring (bicyclic) bond motifs is 6.